The molecular formula is C18H14FN3O4. The Balaban J connectivity index is 1.98. The molecule has 0 bridgehead atoms. The molecule has 7 nitrogen and oxygen atoms in total. The van der Waals surface area contributed by atoms with Gasteiger partial charge in [0.25, 0.3) is 0 Å². The van der Waals surface area contributed by atoms with Gasteiger partial charge in [-0.25, -0.2) is 4.39 Å². The number of nitrogens with zero attached hydrogens (tertiary/aromatic N) is 2. The fourth-order valence-electron chi connectivity index (χ4n) is 2.38. The summed E-state index contributed by atoms with van der Waals surface area (Å²) in [5, 5.41) is 15.2. The lowest BCUT2D eigenvalue weighted by Crippen LogP contribution is -2.13. The van der Waals surface area contributed by atoms with Crippen LogP contribution in [0.4, 0.5) is 10.3 Å². The standard InChI is InChI=1S/C18H14FN3O4/c19-13-3-1-12(2-4-13)17-16(11-7-9-20-10-8-11)18(26-22-17)21-14(23)5-6-15(24)25/h1-4,7-10H,5-6H2,(H,21,23)(H,24,25). The van der Waals surface area contributed by atoms with Crippen molar-refractivity contribution in [1.29, 1.82) is 0 Å². The highest BCUT2D eigenvalue weighted by atomic mass is 19.1. The number of anilines is 1. The van der Waals surface area contributed by atoms with Gasteiger partial charge >= 0.3 is 5.97 Å². The molecule has 0 atom stereocenters. The molecule has 0 aliphatic rings. The van der Waals surface area contributed by atoms with Gasteiger partial charge in [-0.1, -0.05) is 5.16 Å². The molecule has 3 rings (SSSR count). The van der Waals surface area contributed by atoms with Crippen LogP contribution in [0, 0.1) is 5.82 Å². The molecule has 0 spiro atoms. The van der Waals surface area contributed by atoms with Crippen LogP contribution in [-0.2, 0) is 9.59 Å². The Morgan fingerprint density at radius 1 is 1.04 bits per heavy atom. The van der Waals surface area contributed by atoms with E-state index in [2.05, 4.69) is 15.5 Å². The van der Waals surface area contributed by atoms with E-state index < -0.39 is 11.9 Å². The first-order valence-corrected chi connectivity index (χ1v) is 7.72. The minimum atomic E-state index is -1.07. The van der Waals surface area contributed by atoms with Crippen LogP contribution in [0.15, 0.2) is 53.3 Å². The van der Waals surface area contributed by atoms with E-state index in [4.69, 9.17) is 9.63 Å². The number of amides is 1. The summed E-state index contributed by atoms with van der Waals surface area (Å²) in [6.07, 6.45) is 2.66. The molecule has 0 radical (unpaired) electrons. The number of hydrogen-bond donors (Lipinski definition) is 2. The third-order valence-electron chi connectivity index (χ3n) is 3.60. The topological polar surface area (TPSA) is 105 Å². The zero-order valence-electron chi connectivity index (χ0n) is 13.5. The molecule has 0 aliphatic carbocycles. The van der Waals surface area contributed by atoms with Crippen molar-refractivity contribution in [2.24, 2.45) is 0 Å². The molecule has 8 heteroatoms. The average molecular weight is 355 g/mol. The number of pyridine rings is 1. The summed E-state index contributed by atoms with van der Waals surface area (Å²) in [5.41, 5.74) is 2.22. The normalized spacial score (nSPS) is 10.5. The number of nitrogens with one attached hydrogen (secondary N) is 1. The number of hydrogen-bond acceptors (Lipinski definition) is 5. The second kappa shape index (κ2) is 7.56. The molecule has 0 saturated carbocycles. The smallest absolute Gasteiger partial charge is 0.303 e. The number of benzene rings is 1. The number of aromatic nitrogens is 2. The minimum Gasteiger partial charge on any atom is -0.481 e. The van der Waals surface area contributed by atoms with Crippen LogP contribution in [0.2, 0.25) is 0 Å². The zero-order chi connectivity index (χ0) is 18.5. The van der Waals surface area contributed by atoms with Gasteiger partial charge in [0.15, 0.2) is 0 Å². The Morgan fingerprint density at radius 3 is 2.38 bits per heavy atom. The summed E-state index contributed by atoms with van der Waals surface area (Å²) in [5.74, 6) is -1.88. The van der Waals surface area contributed by atoms with Gasteiger partial charge in [0.1, 0.15) is 11.5 Å². The second-order valence-corrected chi connectivity index (χ2v) is 5.42. The van der Waals surface area contributed by atoms with Gasteiger partial charge in [-0.3, -0.25) is 19.9 Å². The van der Waals surface area contributed by atoms with Gasteiger partial charge in [0.2, 0.25) is 11.8 Å². The van der Waals surface area contributed by atoms with Gasteiger partial charge in [0.05, 0.1) is 12.0 Å². The molecule has 0 unspecified atom stereocenters. The van der Waals surface area contributed by atoms with Gasteiger partial charge in [-0.05, 0) is 42.0 Å². The van der Waals surface area contributed by atoms with Crippen LogP contribution in [0.1, 0.15) is 12.8 Å². The summed E-state index contributed by atoms with van der Waals surface area (Å²) >= 11 is 0. The zero-order valence-corrected chi connectivity index (χ0v) is 13.5. The van der Waals surface area contributed by atoms with E-state index >= 15 is 0 Å². The van der Waals surface area contributed by atoms with Crippen molar-refractivity contribution in [3.05, 3.63) is 54.6 Å². The molecular weight excluding hydrogens is 341 g/mol. The van der Waals surface area contributed by atoms with Crippen molar-refractivity contribution in [3.63, 3.8) is 0 Å². The summed E-state index contributed by atoms with van der Waals surface area (Å²) in [6.45, 7) is 0. The predicted octanol–water partition coefficient (Wildman–Crippen LogP) is 3.35. The Labute approximate surface area is 147 Å². The van der Waals surface area contributed by atoms with Crippen LogP contribution in [0.3, 0.4) is 0 Å². The Kier molecular flexibility index (Phi) is 5.02. The maximum atomic E-state index is 13.2. The molecule has 132 valence electrons. The SMILES string of the molecule is O=C(O)CCC(=O)Nc1onc(-c2ccc(F)cc2)c1-c1ccncc1. The van der Waals surface area contributed by atoms with Gasteiger partial charge in [-0.2, -0.15) is 0 Å². The predicted molar refractivity (Wildman–Crippen MR) is 90.6 cm³/mol. The third kappa shape index (κ3) is 3.92. The highest BCUT2D eigenvalue weighted by Crippen LogP contribution is 2.37. The molecule has 26 heavy (non-hydrogen) atoms. The number of aliphatic carboxylic acids is 1. The average Bonchev–Trinajstić information content (AvgIpc) is 3.05. The van der Waals surface area contributed by atoms with Crippen molar-refractivity contribution in [3.8, 4) is 22.4 Å². The summed E-state index contributed by atoms with van der Waals surface area (Å²) < 4.78 is 18.5. The number of rotatable bonds is 6. The first-order chi connectivity index (χ1) is 12.5. The van der Waals surface area contributed by atoms with E-state index in [-0.39, 0.29) is 24.5 Å². The quantitative estimate of drug-likeness (QED) is 0.702. The number of carbonyl (C=O) groups excluding carboxylic acids is 1. The minimum absolute atomic E-state index is 0.0888. The van der Waals surface area contributed by atoms with E-state index in [0.29, 0.717) is 22.4 Å². The third-order valence-corrected chi connectivity index (χ3v) is 3.60. The highest BCUT2D eigenvalue weighted by Gasteiger charge is 2.21. The molecule has 0 fully saturated rings. The van der Waals surface area contributed by atoms with Crippen LogP contribution < -0.4 is 5.32 Å². The van der Waals surface area contributed by atoms with Crippen molar-refractivity contribution >= 4 is 17.8 Å². The Morgan fingerprint density at radius 2 is 1.73 bits per heavy atom. The first-order valence-electron chi connectivity index (χ1n) is 7.72. The van der Waals surface area contributed by atoms with E-state index in [9.17, 15) is 14.0 Å². The fraction of sp³-hybridized carbons (Fsp3) is 0.111. The molecule has 2 aromatic heterocycles. The lowest BCUT2D eigenvalue weighted by atomic mass is 10.0. The lowest BCUT2D eigenvalue weighted by Gasteiger charge is -2.06. The molecule has 1 aromatic carbocycles. The van der Waals surface area contributed by atoms with Crippen molar-refractivity contribution in [1.82, 2.24) is 10.1 Å². The van der Waals surface area contributed by atoms with E-state index in [0.717, 1.165) is 0 Å². The highest BCUT2D eigenvalue weighted by molar-refractivity contribution is 5.97. The molecule has 0 aliphatic heterocycles. The van der Waals surface area contributed by atoms with Gasteiger partial charge in [0, 0.05) is 24.4 Å². The lowest BCUT2D eigenvalue weighted by molar-refractivity contribution is -0.138. The van der Waals surface area contributed by atoms with E-state index in [1.165, 1.54) is 12.1 Å². The monoisotopic (exact) mass is 355 g/mol. The van der Waals surface area contributed by atoms with Crippen LogP contribution >= 0.6 is 0 Å². The number of carboxylic acids is 1. The Bertz CT molecular complexity index is 923. The van der Waals surface area contributed by atoms with Crippen molar-refractivity contribution in [2.75, 3.05) is 5.32 Å². The number of carbonyl (C=O) groups is 2. The van der Waals surface area contributed by atoms with Gasteiger partial charge in [-0.15, -0.1) is 0 Å². The number of halogens is 1. The summed E-state index contributed by atoms with van der Waals surface area (Å²) in [6, 6.07) is 9.12. The van der Waals surface area contributed by atoms with Gasteiger partial charge < -0.3 is 9.63 Å². The fourth-order valence-corrected chi connectivity index (χ4v) is 2.38. The molecule has 2 heterocycles. The Hall–Kier alpha value is -3.55. The largest absolute Gasteiger partial charge is 0.481 e. The molecule has 0 saturated heterocycles. The van der Waals surface area contributed by atoms with E-state index in [1.54, 1.807) is 36.7 Å². The summed E-state index contributed by atoms with van der Waals surface area (Å²) in [7, 11) is 0. The summed E-state index contributed by atoms with van der Waals surface area (Å²) in [4.78, 5) is 26.5. The molecule has 3 aromatic rings. The van der Waals surface area contributed by atoms with Crippen molar-refractivity contribution in [2.45, 2.75) is 12.8 Å². The molecule has 1 amide bonds. The van der Waals surface area contributed by atoms with Crippen LogP contribution in [0.5, 0.6) is 0 Å². The van der Waals surface area contributed by atoms with Crippen molar-refractivity contribution < 1.29 is 23.6 Å². The van der Waals surface area contributed by atoms with Crippen LogP contribution in [-0.4, -0.2) is 27.1 Å². The maximum Gasteiger partial charge on any atom is 0.303 e. The first kappa shape index (κ1) is 17.3. The number of carboxylic acid groups (broad SMARTS) is 1. The maximum absolute atomic E-state index is 13.2. The second-order valence-electron chi connectivity index (χ2n) is 5.42. The van der Waals surface area contributed by atoms with Crippen LogP contribution in [0.25, 0.3) is 22.4 Å². The van der Waals surface area contributed by atoms with E-state index in [1.807, 2.05) is 0 Å². The molecule has 2 N–H and O–H groups in total.